The number of ether oxygens (including phenoxy) is 1. The fraction of sp³-hybridized carbons (Fsp3) is 0.667. The van der Waals surface area contributed by atoms with Crippen LogP contribution in [-0.2, 0) is 4.74 Å². The molecule has 2 aliphatic heterocycles. The van der Waals surface area contributed by atoms with E-state index in [4.69, 9.17) is 9.72 Å². The molecule has 28 heavy (non-hydrogen) atoms. The van der Waals surface area contributed by atoms with Crippen molar-refractivity contribution < 1.29 is 4.74 Å². The number of piperidine rings is 2. The second kappa shape index (κ2) is 5.92. The Labute approximate surface area is 165 Å². The van der Waals surface area contributed by atoms with Crippen molar-refractivity contribution >= 4 is 17.6 Å². The lowest BCUT2D eigenvalue weighted by atomic mass is 9.63. The number of nitrogens with one attached hydrogen (secondary N) is 2. The normalized spacial score (nSPS) is 30.5. The molecular formula is C21H28N6O. The molecule has 7 nitrogen and oxygen atoms in total. The Morgan fingerprint density at radius 2 is 1.96 bits per heavy atom. The number of nitrogens with zero attached hydrogens (tertiary/aromatic N) is 4. The summed E-state index contributed by atoms with van der Waals surface area (Å²) in [5, 5.41) is 10.9. The van der Waals surface area contributed by atoms with Gasteiger partial charge in [-0.15, -0.1) is 0 Å². The number of aromatic amines is 1. The molecule has 0 spiro atoms. The first-order chi connectivity index (χ1) is 13.7. The van der Waals surface area contributed by atoms with Crippen molar-refractivity contribution in [1.82, 2.24) is 20.2 Å². The molecule has 0 radical (unpaired) electrons. The van der Waals surface area contributed by atoms with E-state index in [-0.39, 0.29) is 11.0 Å². The molecule has 2 saturated heterocycles. The van der Waals surface area contributed by atoms with E-state index in [1.807, 2.05) is 19.4 Å². The third kappa shape index (κ3) is 2.55. The summed E-state index contributed by atoms with van der Waals surface area (Å²) in [5.74, 6) is 3.14. The number of hydrogen-bond acceptors (Lipinski definition) is 6. The largest absolute Gasteiger partial charge is 0.378 e. The quantitative estimate of drug-likeness (QED) is 0.795. The molecule has 0 atom stereocenters. The summed E-state index contributed by atoms with van der Waals surface area (Å²) < 4.78 is 6.03. The fourth-order valence-corrected chi connectivity index (χ4v) is 5.67. The number of hydrogen-bond donors (Lipinski definition) is 2. The summed E-state index contributed by atoms with van der Waals surface area (Å²) in [6.45, 7) is 1.02. The smallest absolute Gasteiger partial charge is 0.227 e. The Kier molecular flexibility index (Phi) is 3.55. The van der Waals surface area contributed by atoms with Crippen LogP contribution in [0.2, 0.25) is 0 Å². The van der Waals surface area contributed by atoms with Crippen molar-refractivity contribution in [2.24, 2.45) is 5.41 Å². The Morgan fingerprint density at radius 3 is 2.68 bits per heavy atom. The zero-order chi connectivity index (χ0) is 18.8. The average Bonchev–Trinajstić information content (AvgIpc) is 3.68. The highest BCUT2D eigenvalue weighted by Crippen LogP contribution is 2.62. The van der Waals surface area contributed by atoms with Gasteiger partial charge in [-0.2, -0.15) is 10.1 Å². The van der Waals surface area contributed by atoms with E-state index >= 15 is 0 Å². The van der Waals surface area contributed by atoms with Crippen LogP contribution in [0.3, 0.4) is 0 Å². The van der Waals surface area contributed by atoms with E-state index in [1.54, 1.807) is 0 Å². The van der Waals surface area contributed by atoms with Crippen LogP contribution in [0, 0.1) is 5.41 Å². The highest BCUT2D eigenvalue weighted by molar-refractivity contribution is 5.54. The molecule has 2 N–H and O–H groups in total. The minimum Gasteiger partial charge on any atom is -0.378 e. The molecule has 2 aromatic rings. The third-order valence-corrected chi connectivity index (χ3v) is 7.66. The van der Waals surface area contributed by atoms with Crippen molar-refractivity contribution in [2.45, 2.75) is 68.9 Å². The summed E-state index contributed by atoms with van der Waals surface area (Å²) in [6.07, 6.45) is 11.8. The molecule has 5 fully saturated rings. The number of aromatic nitrogens is 4. The lowest BCUT2D eigenvalue weighted by molar-refractivity contribution is -0.0713. The number of anilines is 3. The molecular weight excluding hydrogens is 352 g/mol. The first-order valence-electron chi connectivity index (χ1n) is 10.7. The lowest BCUT2D eigenvalue weighted by Crippen LogP contribution is -2.60. The van der Waals surface area contributed by atoms with Gasteiger partial charge in [-0.1, -0.05) is 0 Å². The molecule has 3 saturated carbocycles. The molecule has 7 heteroatoms. The minimum atomic E-state index is 0.0980. The zero-order valence-corrected chi connectivity index (χ0v) is 16.4. The zero-order valence-electron chi connectivity index (χ0n) is 16.4. The summed E-state index contributed by atoms with van der Waals surface area (Å²) in [5.41, 5.74) is 1.59. The first-order valence-corrected chi connectivity index (χ1v) is 10.7. The maximum Gasteiger partial charge on any atom is 0.227 e. The molecule has 0 unspecified atom stereocenters. The monoisotopic (exact) mass is 380 g/mol. The van der Waals surface area contributed by atoms with Gasteiger partial charge in [0.2, 0.25) is 5.95 Å². The van der Waals surface area contributed by atoms with Crippen LogP contribution in [0.4, 0.5) is 17.6 Å². The summed E-state index contributed by atoms with van der Waals surface area (Å²) >= 11 is 0. The predicted octanol–water partition coefficient (Wildman–Crippen LogP) is 3.75. The Balaban J connectivity index is 1.24. The third-order valence-electron chi connectivity index (χ3n) is 7.66. The van der Waals surface area contributed by atoms with Crippen molar-refractivity contribution in [3.05, 3.63) is 24.0 Å². The van der Waals surface area contributed by atoms with Gasteiger partial charge in [0.05, 0.1) is 5.60 Å². The number of methoxy groups -OCH3 is 1. The molecule has 2 bridgehead atoms. The van der Waals surface area contributed by atoms with E-state index in [1.165, 1.54) is 57.1 Å². The maximum absolute atomic E-state index is 6.03. The van der Waals surface area contributed by atoms with Gasteiger partial charge in [-0.3, -0.25) is 5.10 Å². The van der Waals surface area contributed by atoms with Crippen molar-refractivity contribution in [3.63, 3.8) is 0 Å². The van der Waals surface area contributed by atoms with E-state index in [2.05, 4.69) is 31.5 Å². The highest BCUT2D eigenvalue weighted by atomic mass is 16.5. The van der Waals surface area contributed by atoms with Crippen molar-refractivity contribution in [1.29, 1.82) is 0 Å². The van der Waals surface area contributed by atoms with Crippen molar-refractivity contribution in [2.75, 3.05) is 23.9 Å². The maximum atomic E-state index is 6.03. The van der Waals surface area contributed by atoms with Crippen LogP contribution in [0.1, 0.15) is 63.0 Å². The predicted molar refractivity (Wildman–Crippen MR) is 107 cm³/mol. The van der Waals surface area contributed by atoms with E-state index < -0.39 is 0 Å². The van der Waals surface area contributed by atoms with Crippen LogP contribution in [0.15, 0.2) is 18.3 Å². The van der Waals surface area contributed by atoms with Gasteiger partial charge in [-0.25, -0.2) is 4.98 Å². The van der Waals surface area contributed by atoms with E-state index in [0.717, 1.165) is 24.1 Å². The van der Waals surface area contributed by atoms with Crippen LogP contribution < -0.4 is 10.2 Å². The average molecular weight is 380 g/mol. The highest BCUT2D eigenvalue weighted by Gasteiger charge is 2.63. The van der Waals surface area contributed by atoms with Gasteiger partial charge in [0.1, 0.15) is 5.82 Å². The SMILES string of the molecule is COC1(C23CCC(CC2)N(c2nccc(Nc4cc(C5CC5)[nH]n4)n2)C3)CC1. The van der Waals surface area contributed by atoms with Gasteiger partial charge < -0.3 is 15.0 Å². The summed E-state index contributed by atoms with van der Waals surface area (Å²) in [4.78, 5) is 11.9. The number of H-pyrrole nitrogens is 1. The Hall–Kier alpha value is -2.15. The molecule has 7 rings (SSSR count). The molecule has 0 amide bonds. The number of rotatable bonds is 6. The standard InChI is InChI=1S/C21H28N6O/c1-28-21(9-10-21)20-7-4-15(5-8-20)27(13-20)19-22-11-6-17(24-19)23-18-12-16(25-26-18)14-2-3-14/h6,11-12,14-15H,2-5,7-10,13H2,1H3,(H2,22,23,24,25,26). The van der Waals surface area contributed by atoms with Crippen LogP contribution in [0.25, 0.3) is 0 Å². The number of fused-ring (bicyclic) bond motifs is 3. The summed E-state index contributed by atoms with van der Waals surface area (Å²) in [6, 6.07) is 4.58. The Morgan fingerprint density at radius 1 is 1.14 bits per heavy atom. The van der Waals surface area contributed by atoms with Crippen LogP contribution >= 0.6 is 0 Å². The van der Waals surface area contributed by atoms with Gasteiger partial charge in [0.25, 0.3) is 0 Å². The first kappa shape index (κ1) is 16.8. The second-order valence-electron chi connectivity index (χ2n) is 9.19. The van der Waals surface area contributed by atoms with Gasteiger partial charge >= 0.3 is 0 Å². The van der Waals surface area contributed by atoms with E-state index in [9.17, 15) is 0 Å². The summed E-state index contributed by atoms with van der Waals surface area (Å²) in [7, 11) is 1.90. The molecule has 4 heterocycles. The topological polar surface area (TPSA) is 79.0 Å². The lowest BCUT2D eigenvalue weighted by Gasteiger charge is -2.56. The van der Waals surface area contributed by atoms with E-state index in [0.29, 0.717) is 12.0 Å². The second-order valence-corrected chi connectivity index (χ2v) is 9.19. The molecule has 3 aliphatic carbocycles. The van der Waals surface area contributed by atoms with Crippen LogP contribution in [-0.4, -0.2) is 45.5 Å². The molecule has 5 aliphatic rings. The molecule has 0 aromatic carbocycles. The Bertz CT molecular complexity index is 879. The van der Waals surface area contributed by atoms with Crippen molar-refractivity contribution in [3.8, 4) is 0 Å². The molecule has 2 aromatic heterocycles. The van der Waals surface area contributed by atoms with Gasteiger partial charge in [0.15, 0.2) is 5.82 Å². The molecule has 148 valence electrons. The van der Waals surface area contributed by atoms with Gasteiger partial charge in [-0.05, 0) is 57.4 Å². The fourth-order valence-electron chi connectivity index (χ4n) is 5.67. The van der Waals surface area contributed by atoms with Crippen LogP contribution in [0.5, 0.6) is 0 Å². The minimum absolute atomic E-state index is 0.0980. The van der Waals surface area contributed by atoms with Gasteiger partial charge in [0, 0.05) is 49.0 Å².